The summed E-state index contributed by atoms with van der Waals surface area (Å²) in [5, 5.41) is 19.0. The third-order valence-corrected chi connectivity index (χ3v) is 7.34. The molecule has 0 fully saturated rings. The van der Waals surface area contributed by atoms with E-state index in [4.69, 9.17) is 9.26 Å². The smallest absolute Gasteiger partial charge is 0.412 e. The molecule has 2 amide bonds. The average molecular weight is 651 g/mol. The minimum absolute atomic E-state index is 0.00249. The van der Waals surface area contributed by atoms with E-state index in [0.29, 0.717) is 22.4 Å². The Morgan fingerprint density at radius 3 is 2.23 bits per heavy atom. The van der Waals surface area contributed by atoms with Gasteiger partial charge in [0.25, 0.3) is 11.8 Å². The summed E-state index contributed by atoms with van der Waals surface area (Å²) in [5.74, 6) is -2.37. The van der Waals surface area contributed by atoms with Gasteiger partial charge in [-0.05, 0) is 98.0 Å². The van der Waals surface area contributed by atoms with Gasteiger partial charge in [-0.1, -0.05) is 54.5 Å². The highest BCUT2D eigenvalue weighted by atomic mass is 19.1. The van der Waals surface area contributed by atoms with Crippen LogP contribution in [0.25, 0.3) is 34.0 Å². The Morgan fingerprint density at radius 2 is 1.58 bits per heavy atom. The number of nitrogens with one attached hydrogen (secondary N) is 2. The van der Waals surface area contributed by atoms with Crippen LogP contribution in [-0.4, -0.2) is 44.9 Å². The first-order chi connectivity index (χ1) is 22.9. The highest BCUT2D eigenvalue weighted by molar-refractivity contribution is 5.97. The number of amides is 2. The number of nitrogens with zero attached hydrogens (tertiary/aromatic N) is 2. The van der Waals surface area contributed by atoms with E-state index >= 15 is 4.39 Å². The minimum atomic E-state index is -1.31. The SMILES string of the molecule is CCc1ccc(-c2cccc(C(=O)NC(Cc3ccc(-c4noc(-c5ccc(NC(=O)OC(C)(C)C)cc5)n4)c(F)c3)C(=O)O)c2)cc1. The van der Waals surface area contributed by atoms with Crippen LogP contribution >= 0.6 is 0 Å². The number of ether oxygens (including phenoxy) is 1. The summed E-state index contributed by atoms with van der Waals surface area (Å²) in [6.07, 6.45) is 0.167. The number of carboxylic acids is 1. The quantitative estimate of drug-likeness (QED) is 0.141. The van der Waals surface area contributed by atoms with Crippen LogP contribution in [0.2, 0.25) is 0 Å². The lowest BCUT2D eigenvalue weighted by molar-refractivity contribution is -0.139. The number of carboxylic acid groups (broad SMARTS) is 1. The number of aromatic nitrogens is 2. The van der Waals surface area contributed by atoms with Crippen LogP contribution in [0.1, 0.15) is 49.2 Å². The molecule has 48 heavy (non-hydrogen) atoms. The van der Waals surface area contributed by atoms with Crippen molar-refractivity contribution in [1.29, 1.82) is 0 Å². The molecule has 0 saturated carbocycles. The van der Waals surface area contributed by atoms with Crippen molar-refractivity contribution in [2.24, 2.45) is 0 Å². The summed E-state index contributed by atoms with van der Waals surface area (Å²) in [6.45, 7) is 7.37. The molecule has 0 radical (unpaired) electrons. The second-order valence-electron chi connectivity index (χ2n) is 12.1. The van der Waals surface area contributed by atoms with Crippen LogP contribution in [-0.2, 0) is 22.4 Å². The maximum absolute atomic E-state index is 15.3. The van der Waals surface area contributed by atoms with Gasteiger partial charge in [0.05, 0.1) is 5.56 Å². The number of halogens is 1. The average Bonchev–Trinajstić information content (AvgIpc) is 3.54. The van der Waals surface area contributed by atoms with E-state index in [1.54, 1.807) is 69.3 Å². The van der Waals surface area contributed by atoms with Gasteiger partial charge in [0, 0.05) is 23.2 Å². The standard InChI is InChI=1S/C37H35FN4O6/c1-5-22-9-12-24(13-10-22)26-7-6-8-27(21-26)33(43)40-31(35(44)45)20-23-11-18-29(30(38)19-23)32-41-34(48-42-32)25-14-16-28(17-15-25)39-36(46)47-37(2,3)4/h6-19,21,31H,5,20H2,1-4H3,(H,39,46)(H,40,43)(H,44,45). The Labute approximate surface area is 277 Å². The van der Waals surface area contributed by atoms with Crippen molar-refractivity contribution in [2.45, 2.75) is 52.2 Å². The molecule has 0 bridgehead atoms. The number of benzene rings is 4. The summed E-state index contributed by atoms with van der Waals surface area (Å²) in [5.41, 5.74) is 4.07. The third-order valence-electron chi connectivity index (χ3n) is 7.34. The normalized spacial score (nSPS) is 11.9. The first-order valence-corrected chi connectivity index (χ1v) is 15.3. The van der Waals surface area contributed by atoms with Gasteiger partial charge in [-0.25, -0.2) is 14.0 Å². The highest BCUT2D eigenvalue weighted by Crippen LogP contribution is 2.27. The number of anilines is 1. The minimum Gasteiger partial charge on any atom is -0.480 e. The van der Waals surface area contributed by atoms with E-state index in [1.807, 2.05) is 30.3 Å². The third kappa shape index (κ3) is 8.49. The van der Waals surface area contributed by atoms with E-state index in [-0.39, 0.29) is 23.7 Å². The Balaban J connectivity index is 1.24. The molecule has 10 nitrogen and oxygen atoms in total. The summed E-state index contributed by atoms with van der Waals surface area (Å²) >= 11 is 0. The van der Waals surface area contributed by atoms with E-state index < -0.39 is 35.4 Å². The maximum Gasteiger partial charge on any atom is 0.412 e. The maximum atomic E-state index is 15.3. The molecule has 1 unspecified atom stereocenters. The van der Waals surface area contributed by atoms with Gasteiger partial charge < -0.3 is 19.7 Å². The van der Waals surface area contributed by atoms with Crippen molar-refractivity contribution in [3.8, 4) is 34.0 Å². The summed E-state index contributed by atoms with van der Waals surface area (Å²) < 4.78 is 25.8. The summed E-state index contributed by atoms with van der Waals surface area (Å²) in [7, 11) is 0. The predicted octanol–water partition coefficient (Wildman–Crippen LogP) is 7.54. The van der Waals surface area contributed by atoms with Crippen molar-refractivity contribution in [3.05, 3.63) is 114 Å². The van der Waals surface area contributed by atoms with Crippen LogP contribution < -0.4 is 10.6 Å². The molecule has 0 aliphatic heterocycles. The van der Waals surface area contributed by atoms with Crippen LogP contribution in [0.5, 0.6) is 0 Å². The molecule has 5 rings (SSSR count). The fourth-order valence-corrected chi connectivity index (χ4v) is 4.88. The number of aliphatic carboxylic acids is 1. The Kier molecular flexibility index (Phi) is 9.98. The van der Waals surface area contributed by atoms with Gasteiger partial charge in [0.15, 0.2) is 0 Å². The van der Waals surface area contributed by atoms with Gasteiger partial charge in [-0.2, -0.15) is 4.98 Å². The molecule has 0 aliphatic carbocycles. The molecular formula is C37H35FN4O6. The molecule has 1 aromatic heterocycles. The molecule has 0 spiro atoms. The van der Waals surface area contributed by atoms with Gasteiger partial charge >= 0.3 is 12.1 Å². The molecule has 246 valence electrons. The van der Waals surface area contributed by atoms with Gasteiger partial charge in [-0.3, -0.25) is 10.1 Å². The van der Waals surface area contributed by atoms with E-state index in [0.717, 1.165) is 17.5 Å². The molecule has 5 aromatic rings. The number of aryl methyl sites for hydroxylation is 1. The van der Waals surface area contributed by atoms with Crippen LogP contribution in [0.15, 0.2) is 95.5 Å². The number of hydrogen-bond donors (Lipinski definition) is 3. The molecular weight excluding hydrogens is 615 g/mol. The Hall–Kier alpha value is -5.84. The highest BCUT2D eigenvalue weighted by Gasteiger charge is 2.23. The van der Waals surface area contributed by atoms with E-state index in [9.17, 15) is 19.5 Å². The van der Waals surface area contributed by atoms with Crippen LogP contribution in [0, 0.1) is 5.82 Å². The molecule has 4 aromatic carbocycles. The number of carbonyl (C=O) groups excluding carboxylic acids is 2. The molecule has 0 aliphatic rings. The Bertz CT molecular complexity index is 1930. The molecule has 1 heterocycles. The molecule has 3 N–H and O–H groups in total. The zero-order chi connectivity index (χ0) is 34.4. The lowest BCUT2D eigenvalue weighted by Crippen LogP contribution is -2.42. The lowest BCUT2D eigenvalue weighted by atomic mass is 10.00. The molecule has 11 heteroatoms. The fraction of sp³-hybridized carbons (Fsp3) is 0.216. The van der Waals surface area contributed by atoms with Crippen molar-refractivity contribution < 1.29 is 33.1 Å². The van der Waals surface area contributed by atoms with Gasteiger partial charge in [0.1, 0.15) is 17.5 Å². The van der Waals surface area contributed by atoms with E-state index in [2.05, 4.69) is 27.7 Å². The molecule has 1 atom stereocenters. The first kappa shape index (κ1) is 33.5. The zero-order valence-corrected chi connectivity index (χ0v) is 26.9. The molecule has 0 saturated heterocycles. The number of rotatable bonds is 10. The summed E-state index contributed by atoms with van der Waals surface area (Å²) in [6, 6.07) is 24.4. The summed E-state index contributed by atoms with van der Waals surface area (Å²) in [4.78, 5) is 41.5. The topological polar surface area (TPSA) is 144 Å². The largest absolute Gasteiger partial charge is 0.480 e. The lowest BCUT2D eigenvalue weighted by Gasteiger charge is -2.19. The predicted molar refractivity (Wildman–Crippen MR) is 179 cm³/mol. The van der Waals surface area contributed by atoms with Crippen molar-refractivity contribution in [2.75, 3.05) is 5.32 Å². The van der Waals surface area contributed by atoms with Crippen LogP contribution in [0.3, 0.4) is 0 Å². The first-order valence-electron chi connectivity index (χ1n) is 15.3. The number of hydrogen-bond acceptors (Lipinski definition) is 7. The van der Waals surface area contributed by atoms with Crippen molar-refractivity contribution in [3.63, 3.8) is 0 Å². The number of carbonyl (C=O) groups is 3. The van der Waals surface area contributed by atoms with Crippen molar-refractivity contribution >= 4 is 23.7 Å². The zero-order valence-electron chi connectivity index (χ0n) is 26.9. The monoisotopic (exact) mass is 650 g/mol. The second kappa shape index (κ2) is 14.3. The van der Waals surface area contributed by atoms with Gasteiger partial charge in [-0.15, -0.1) is 0 Å². The van der Waals surface area contributed by atoms with Crippen molar-refractivity contribution in [1.82, 2.24) is 15.5 Å². The van der Waals surface area contributed by atoms with Gasteiger partial charge in [0.2, 0.25) is 5.82 Å². The fourth-order valence-electron chi connectivity index (χ4n) is 4.88. The van der Waals surface area contributed by atoms with Crippen LogP contribution in [0.4, 0.5) is 14.9 Å². The van der Waals surface area contributed by atoms with E-state index in [1.165, 1.54) is 17.7 Å². The Morgan fingerprint density at radius 1 is 0.896 bits per heavy atom. The second-order valence-corrected chi connectivity index (χ2v) is 12.1.